The van der Waals surface area contributed by atoms with Crippen molar-refractivity contribution in [2.24, 2.45) is 23.5 Å². The van der Waals surface area contributed by atoms with E-state index in [4.69, 9.17) is 5.73 Å². The van der Waals surface area contributed by atoms with E-state index in [9.17, 15) is 0 Å². The molecule has 0 spiro atoms. The molecule has 2 heteroatoms. The van der Waals surface area contributed by atoms with Crippen LogP contribution in [-0.4, -0.2) is 17.0 Å². The zero-order valence-corrected chi connectivity index (χ0v) is 6.81. The summed E-state index contributed by atoms with van der Waals surface area (Å²) in [6.07, 6.45) is 2.92. The Morgan fingerprint density at radius 2 is 2.10 bits per heavy atom. The van der Waals surface area contributed by atoms with Crippen molar-refractivity contribution in [3.05, 3.63) is 0 Å². The van der Waals surface area contributed by atoms with Crippen molar-refractivity contribution in [2.45, 2.75) is 24.1 Å². The Bertz CT molecular complexity index is 169. The fourth-order valence-electron chi connectivity index (χ4n) is 3.13. The highest BCUT2D eigenvalue weighted by Crippen LogP contribution is 2.58. The molecule has 5 atom stereocenters. The molecule has 1 saturated heterocycles. The Morgan fingerprint density at radius 1 is 1.20 bits per heavy atom. The topological polar surface area (TPSA) is 26.0 Å². The minimum absolute atomic E-state index is 0.564. The molecular formula is C8H13NS. The number of thioether (sulfide) groups is 1. The molecule has 0 aromatic heterocycles. The van der Waals surface area contributed by atoms with Gasteiger partial charge in [-0.05, 0) is 36.3 Å². The van der Waals surface area contributed by atoms with Crippen molar-refractivity contribution in [3.63, 3.8) is 0 Å². The molecular weight excluding hydrogens is 142 g/mol. The highest BCUT2D eigenvalue weighted by molar-refractivity contribution is 8.00. The Morgan fingerprint density at radius 3 is 2.80 bits per heavy atom. The third-order valence-corrected chi connectivity index (χ3v) is 5.30. The van der Waals surface area contributed by atoms with Gasteiger partial charge in [0.15, 0.2) is 0 Å². The van der Waals surface area contributed by atoms with Gasteiger partial charge >= 0.3 is 0 Å². The Labute approximate surface area is 65.7 Å². The summed E-state index contributed by atoms with van der Waals surface area (Å²) in [6, 6.07) is 0.564. The van der Waals surface area contributed by atoms with Crippen LogP contribution in [0.2, 0.25) is 0 Å². The van der Waals surface area contributed by atoms with E-state index in [0.29, 0.717) is 6.04 Å². The zero-order valence-electron chi connectivity index (χ0n) is 5.99. The average Bonchev–Trinajstić information content (AvgIpc) is 2.43. The molecule has 1 aliphatic heterocycles. The number of hydrogen-bond acceptors (Lipinski definition) is 2. The summed E-state index contributed by atoms with van der Waals surface area (Å²) in [4.78, 5) is 0. The SMILES string of the molecule is N[C@H]1[C@H]2C[C@H]3CS[C@H]1[C@H]3C2. The van der Waals surface area contributed by atoms with Gasteiger partial charge in [0.05, 0.1) is 0 Å². The van der Waals surface area contributed by atoms with E-state index in [1.54, 1.807) is 0 Å². The van der Waals surface area contributed by atoms with Crippen molar-refractivity contribution in [1.29, 1.82) is 0 Å². The molecule has 2 aliphatic carbocycles. The Hall–Kier alpha value is 0.310. The lowest BCUT2D eigenvalue weighted by atomic mass is 9.88. The van der Waals surface area contributed by atoms with Crippen molar-refractivity contribution >= 4 is 11.8 Å². The van der Waals surface area contributed by atoms with Crippen LogP contribution in [0, 0.1) is 17.8 Å². The van der Waals surface area contributed by atoms with Crippen LogP contribution in [0.3, 0.4) is 0 Å². The van der Waals surface area contributed by atoms with Gasteiger partial charge in [0.25, 0.3) is 0 Å². The van der Waals surface area contributed by atoms with E-state index in [1.807, 2.05) is 0 Å². The zero-order chi connectivity index (χ0) is 6.72. The summed E-state index contributed by atoms with van der Waals surface area (Å²) in [5, 5.41) is 0.865. The molecule has 0 unspecified atom stereocenters. The molecule has 0 aromatic carbocycles. The summed E-state index contributed by atoms with van der Waals surface area (Å²) in [6.45, 7) is 0. The van der Waals surface area contributed by atoms with E-state index in [1.165, 1.54) is 18.6 Å². The van der Waals surface area contributed by atoms with E-state index < -0.39 is 0 Å². The number of hydrogen-bond donors (Lipinski definition) is 1. The second kappa shape index (κ2) is 1.72. The van der Waals surface area contributed by atoms with Crippen molar-refractivity contribution in [1.82, 2.24) is 0 Å². The molecule has 0 radical (unpaired) electrons. The van der Waals surface area contributed by atoms with Crippen molar-refractivity contribution in [3.8, 4) is 0 Å². The fourth-order valence-corrected chi connectivity index (χ4v) is 5.01. The van der Waals surface area contributed by atoms with Crippen LogP contribution < -0.4 is 5.73 Å². The molecule has 2 saturated carbocycles. The Kier molecular flexibility index (Phi) is 1.02. The predicted octanol–water partition coefficient (Wildman–Crippen LogP) is 1.09. The lowest BCUT2D eigenvalue weighted by Crippen LogP contribution is -2.37. The first-order valence-corrected chi connectivity index (χ1v) is 5.28. The van der Waals surface area contributed by atoms with Gasteiger partial charge in [-0.15, -0.1) is 0 Å². The van der Waals surface area contributed by atoms with Crippen LogP contribution in [0.4, 0.5) is 0 Å². The molecule has 1 heterocycles. The van der Waals surface area contributed by atoms with Crippen LogP contribution in [0.15, 0.2) is 0 Å². The molecule has 3 aliphatic rings. The fraction of sp³-hybridized carbons (Fsp3) is 1.00. The van der Waals surface area contributed by atoms with E-state index in [2.05, 4.69) is 11.8 Å². The van der Waals surface area contributed by atoms with Gasteiger partial charge in [-0.1, -0.05) is 0 Å². The van der Waals surface area contributed by atoms with Gasteiger partial charge in [-0.25, -0.2) is 0 Å². The summed E-state index contributed by atoms with van der Waals surface area (Å²) in [7, 11) is 0. The highest BCUT2D eigenvalue weighted by Gasteiger charge is 2.54. The van der Waals surface area contributed by atoms with Gasteiger partial charge in [0.1, 0.15) is 0 Å². The first-order chi connectivity index (χ1) is 4.86. The molecule has 2 N–H and O–H groups in total. The molecule has 10 heavy (non-hydrogen) atoms. The maximum absolute atomic E-state index is 6.08. The summed E-state index contributed by atoms with van der Waals surface area (Å²) in [5.41, 5.74) is 6.08. The molecule has 0 amide bonds. The molecule has 3 rings (SSSR count). The number of rotatable bonds is 0. The van der Waals surface area contributed by atoms with Crippen LogP contribution in [0.5, 0.6) is 0 Å². The second-order valence-corrected chi connectivity index (χ2v) is 5.24. The van der Waals surface area contributed by atoms with Crippen LogP contribution in [0.25, 0.3) is 0 Å². The smallest absolute Gasteiger partial charge is 0.0233 e. The van der Waals surface area contributed by atoms with Gasteiger partial charge < -0.3 is 5.73 Å². The van der Waals surface area contributed by atoms with Gasteiger partial charge in [0, 0.05) is 11.3 Å². The molecule has 2 bridgehead atoms. The van der Waals surface area contributed by atoms with E-state index in [-0.39, 0.29) is 0 Å². The van der Waals surface area contributed by atoms with Gasteiger partial charge in [-0.3, -0.25) is 0 Å². The predicted molar refractivity (Wildman–Crippen MR) is 43.9 cm³/mol. The molecule has 0 aromatic rings. The maximum atomic E-state index is 6.08. The molecule has 1 nitrogen and oxygen atoms in total. The van der Waals surface area contributed by atoms with Crippen molar-refractivity contribution in [2.75, 3.05) is 5.75 Å². The largest absolute Gasteiger partial charge is 0.326 e. The molecule has 3 fully saturated rings. The Balaban J connectivity index is 2.00. The monoisotopic (exact) mass is 155 g/mol. The summed E-state index contributed by atoms with van der Waals surface area (Å²) >= 11 is 2.15. The van der Waals surface area contributed by atoms with E-state index >= 15 is 0 Å². The van der Waals surface area contributed by atoms with Gasteiger partial charge in [-0.2, -0.15) is 11.8 Å². The summed E-state index contributed by atoms with van der Waals surface area (Å²) in [5.74, 6) is 4.43. The first-order valence-electron chi connectivity index (χ1n) is 4.23. The lowest BCUT2D eigenvalue weighted by molar-refractivity contribution is 0.362. The highest BCUT2D eigenvalue weighted by atomic mass is 32.2. The van der Waals surface area contributed by atoms with Gasteiger partial charge in [0.2, 0.25) is 0 Å². The molecule has 56 valence electrons. The maximum Gasteiger partial charge on any atom is 0.0233 e. The second-order valence-electron chi connectivity index (χ2n) is 4.03. The average molecular weight is 155 g/mol. The normalized spacial score (nSPS) is 63.9. The van der Waals surface area contributed by atoms with Crippen LogP contribution in [-0.2, 0) is 0 Å². The lowest BCUT2D eigenvalue weighted by Gasteiger charge is -2.23. The third kappa shape index (κ3) is 0.517. The minimum atomic E-state index is 0.564. The van der Waals surface area contributed by atoms with Crippen LogP contribution >= 0.6 is 11.8 Å². The van der Waals surface area contributed by atoms with Crippen LogP contribution in [0.1, 0.15) is 12.8 Å². The standard InChI is InChI=1S/C8H13NS/c9-7-4-1-5-3-10-8(7)6(5)2-4/h4-8H,1-3,9H2/t4-,5-,6-,7-,8-/m0/s1. The number of nitrogens with two attached hydrogens (primary N) is 1. The quantitative estimate of drug-likeness (QED) is 0.566. The van der Waals surface area contributed by atoms with Crippen molar-refractivity contribution < 1.29 is 0 Å². The number of fused-ring (bicyclic) bond motifs is 1. The third-order valence-electron chi connectivity index (χ3n) is 3.63. The minimum Gasteiger partial charge on any atom is -0.326 e. The van der Waals surface area contributed by atoms with E-state index in [0.717, 1.165) is 23.0 Å². The first kappa shape index (κ1) is 5.90. The summed E-state index contributed by atoms with van der Waals surface area (Å²) < 4.78 is 0.